The van der Waals surface area contributed by atoms with E-state index >= 15 is 0 Å². The Labute approximate surface area is 65.6 Å². The molecular formula is C7H12NO3. The first-order valence-corrected chi connectivity index (χ1v) is 3.43. The van der Waals surface area contributed by atoms with Crippen molar-refractivity contribution in [2.24, 2.45) is 5.92 Å². The average molecular weight is 158 g/mol. The lowest BCUT2D eigenvalue weighted by atomic mass is 10.1. The van der Waals surface area contributed by atoms with Crippen LogP contribution in [0.15, 0.2) is 0 Å². The molecule has 0 rings (SSSR count). The van der Waals surface area contributed by atoms with E-state index in [2.05, 4.69) is 5.32 Å². The predicted molar refractivity (Wildman–Crippen MR) is 38.1 cm³/mol. The highest BCUT2D eigenvalue weighted by Gasteiger charge is 2.23. The molecule has 0 saturated heterocycles. The molecule has 4 heteroatoms. The normalized spacial score (nSPS) is 12.7. The number of hydrogen-bond acceptors (Lipinski definition) is 2. The van der Waals surface area contributed by atoms with E-state index in [4.69, 9.17) is 0 Å². The van der Waals surface area contributed by atoms with Gasteiger partial charge in [0.1, 0.15) is 6.04 Å². The highest BCUT2D eigenvalue weighted by atomic mass is 16.4. The van der Waals surface area contributed by atoms with Gasteiger partial charge in [-0.3, -0.25) is 4.79 Å². The monoisotopic (exact) mass is 158 g/mol. The summed E-state index contributed by atoms with van der Waals surface area (Å²) in [6.07, 6.45) is 0. The summed E-state index contributed by atoms with van der Waals surface area (Å²) in [5, 5.41) is 12.6. The second kappa shape index (κ2) is 3.95. The lowest BCUT2D eigenvalue weighted by molar-refractivity contribution is -0.148. The molecule has 63 valence electrons. The lowest BCUT2D eigenvalue weighted by Crippen LogP contribution is -2.42. The first-order chi connectivity index (χ1) is 4.95. The molecule has 0 bridgehead atoms. The van der Waals surface area contributed by atoms with Crippen molar-refractivity contribution in [1.82, 2.24) is 5.32 Å². The molecule has 1 amide bonds. The minimum Gasteiger partial charge on any atom is -0.343 e. The maximum atomic E-state index is 10.5. The number of hydrogen-bond donors (Lipinski definition) is 1. The van der Waals surface area contributed by atoms with E-state index < -0.39 is 12.0 Å². The summed E-state index contributed by atoms with van der Waals surface area (Å²) in [7, 11) is 0. The zero-order valence-electron chi connectivity index (χ0n) is 6.88. The van der Waals surface area contributed by atoms with Crippen LogP contribution in [-0.4, -0.2) is 17.9 Å². The summed E-state index contributed by atoms with van der Waals surface area (Å²) in [5.41, 5.74) is 0. The van der Waals surface area contributed by atoms with Gasteiger partial charge in [-0.2, -0.15) is 0 Å². The number of amides is 1. The van der Waals surface area contributed by atoms with Gasteiger partial charge in [0, 0.05) is 6.92 Å². The highest BCUT2D eigenvalue weighted by molar-refractivity contribution is 5.81. The van der Waals surface area contributed by atoms with Gasteiger partial charge in [0.25, 0.3) is 0 Å². The molecule has 0 aromatic carbocycles. The number of carbonyl (C=O) groups excluding carboxylic acids is 2. The molecule has 4 nitrogen and oxygen atoms in total. The minimum absolute atomic E-state index is 0.149. The van der Waals surface area contributed by atoms with E-state index in [-0.39, 0.29) is 11.8 Å². The van der Waals surface area contributed by atoms with Crippen molar-refractivity contribution >= 4 is 11.9 Å². The molecule has 0 aromatic heterocycles. The Hall–Kier alpha value is -1.06. The molecule has 0 aliphatic heterocycles. The Kier molecular flexibility index (Phi) is 3.57. The van der Waals surface area contributed by atoms with E-state index in [1.165, 1.54) is 6.92 Å². The van der Waals surface area contributed by atoms with Crippen LogP contribution in [-0.2, 0) is 14.7 Å². The number of nitrogens with one attached hydrogen (secondary N) is 1. The van der Waals surface area contributed by atoms with Crippen LogP contribution in [0.3, 0.4) is 0 Å². The molecule has 1 unspecified atom stereocenters. The molecule has 1 atom stereocenters. The predicted octanol–water partition coefficient (Wildman–Crippen LogP) is 0.104. The van der Waals surface area contributed by atoms with Crippen LogP contribution in [0.5, 0.6) is 0 Å². The molecule has 1 N–H and O–H groups in total. The van der Waals surface area contributed by atoms with Crippen molar-refractivity contribution in [2.45, 2.75) is 26.8 Å². The maximum Gasteiger partial charge on any atom is 0.377 e. The third-order valence-electron chi connectivity index (χ3n) is 1.28. The Balaban J connectivity index is 4.12. The highest BCUT2D eigenvalue weighted by Crippen LogP contribution is 2.01. The van der Waals surface area contributed by atoms with Crippen LogP contribution in [0.1, 0.15) is 20.8 Å². The van der Waals surface area contributed by atoms with Gasteiger partial charge in [-0.05, 0) is 5.92 Å². The minimum atomic E-state index is -1.24. The third kappa shape index (κ3) is 3.60. The van der Waals surface area contributed by atoms with E-state index in [0.29, 0.717) is 0 Å². The molecule has 0 heterocycles. The fourth-order valence-electron chi connectivity index (χ4n) is 0.717. The Morgan fingerprint density at radius 2 is 1.73 bits per heavy atom. The van der Waals surface area contributed by atoms with Gasteiger partial charge in [-0.15, -0.1) is 0 Å². The summed E-state index contributed by atoms with van der Waals surface area (Å²) in [4.78, 5) is 20.8. The van der Waals surface area contributed by atoms with Gasteiger partial charge in [-0.1, -0.05) is 13.8 Å². The van der Waals surface area contributed by atoms with Crippen LogP contribution in [0.2, 0.25) is 0 Å². The van der Waals surface area contributed by atoms with Gasteiger partial charge in [0.2, 0.25) is 5.91 Å². The molecule has 1 radical (unpaired) electrons. The quantitative estimate of drug-likeness (QED) is 0.633. The number of rotatable bonds is 3. The van der Waals surface area contributed by atoms with Crippen molar-refractivity contribution in [3.8, 4) is 0 Å². The molecule has 11 heavy (non-hydrogen) atoms. The van der Waals surface area contributed by atoms with Crippen molar-refractivity contribution in [3.05, 3.63) is 0 Å². The van der Waals surface area contributed by atoms with Gasteiger partial charge in [-0.25, -0.2) is 9.90 Å². The molecule has 0 aromatic rings. The summed E-state index contributed by atoms with van der Waals surface area (Å²) >= 11 is 0. The molecule has 0 aliphatic carbocycles. The van der Waals surface area contributed by atoms with Crippen molar-refractivity contribution in [2.75, 3.05) is 0 Å². The first kappa shape index (κ1) is 9.94. The second-order valence-electron chi connectivity index (χ2n) is 2.74. The zero-order valence-corrected chi connectivity index (χ0v) is 6.88. The smallest absolute Gasteiger partial charge is 0.343 e. The Morgan fingerprint density at radius 3 is 1.82 bits per heavy atom. The zero-order chi connectivity index (χ0) is 9.02. The van der Waals surface area contributed by atoms with Crippen molar-refractivity contribution in [1.29, 1.82) is 0 Å². The van der Waals surface area contributed by atoms with Gasteiger partial charge >= 0.3 is 5.97 Å². The largest absolute Gasteiger partial charge is 0.377 e. The van der Waals surface area contributed by atoms with Crippen molar-refractivity contribution in [3.63, 3.8) is 0 Å². The van der Waals surface area contributed by atoms with Gasteiger partial charge in [0.15, 0.2) is 0 Å². The summed E-state index contributed by atoms with van der Waals surface area (Å²) in [6.45, 7) is 4.69. The number of carbonyl (C=O) groups is 2. The third-order valence-corrected chi connectivity index (χ3v) is 1.28. The van der Waals surface area contributed by atoms with Gasteiger partial charge in [0.05, 0.1) is 0 Å². The van der Waals surface area contributed by atoms with Crippen LogP contribution >= 0.6 is 0 Å². The van der Waals surface area contributed by atoms with E-state index in [0.717, 1.165) is 0 Å². The Morgan fingerprint density at radius 1 is 1.27 bits per heavy atom. The van der Waals surface area contributed by atoms with Crippen molar-refractivity contribution < 1.29 is 14.7 Å². The van der Waals surface area contributed by atoms with Gasteiger partial charge < -0.3 is 5.32 Å². The van der Waals surface area contributed by atoms with E-state index in [9.17, 15) is 14.7 Å². The van der Waals surface area contributed by atoms with Crippen LogP contribution in [0, 0.1) is 5.92 Å². The fraction of sp³-hybridized carbons (Fsp3) is 0.714. The summed E-state index contributed by atoms with van der Waals surface area (Å²) in [5.74, 6) is -1.74. The molecule has 0 spiro atoms. The molecular weight excluding hydrogens is 146 g/mol. The SMILES string of the molecule is CC(=O)NC(C([O])=O)C(C)C. The van der Waals surface area contributed by atoms with E-state index in [1.54, 1.807) is 13.8 Å². The summed E-state index contributed by atoms with van der Waals surface area (Å²) in [6, 6.07) is -0.882. The van der Waals surface area contributed by atoms with E-state index in [1.807, 2.05) is 0 Å². The van der Waals surface area contributed by atoms with Crippen LogP contribution in [0.25, 0.3) is 0 Å². The van der Waals surface area contributed by atoms with Crippen LogP contribution < -0.4 is 5.32 Å². The summed E-state index contributed by atoms with van der Waals surface area (Å²) < 4.78 is 0. The molecule has 0 fully saturated rings. The van der Waals surface area contributed by atoms with Crippen LogP contribution in [0.4, 0.5) is 0 Å². The maximum absolute atomic E-state index is 10.5. The topological polar surface area (TPSA) is 66.1 Å². The fourth-order valence-corrected chi connectivity index (χ4v) is 0.717. The standard InChI is InChI=1S/C7H12NO3/c1-4(2)6(7(10)11)8-5(3)9/h4,6H,1-3H3,(H,8,9). The Bertz CT molecular complexity index is 165. The lowest BCUT2D eigenvalue weighted by Gasteiger charge is -2.14. The second-order valence-corrected chi connectivity index (χ2v) is 2.74. The molecule has 0 saturated carbocycles. The first-order valence-electron chi connectivity index (χ1n) is 3.43. The average Bonchev–Trinajstić information content (AvgIpc) is 1.81. The molecule has 0 aliphatic rings.